The van der Waals surface area contributed by atoms with E-state index < -0.39 is 0 Å². The number of benzene rings is 1. The third-order valence-corrected chi connectivity index (χ3v) is 4.37. The highest BCUT2D eigenvalue weighted by atomic mass is 79.9. The van der Waals surface area contributed by atoms with E-state index in [9.17, 15) is 5.26 Å². The standard InChI is InChI=1S/C17H22BrNO/c1-16(2)8-14(9-17(3,4)11-16)20-15-6-5-13(18)7-12(15)10-19/h5-7,14H,8-9,11H2,1-4H3. The summed E-state index contributed by atoms with van der Waals surface area (Å²) in [4.78, 5) is 0. The summed E-state index contributed by atoms with van der Waals surface area (Å²) in [6.45, 7) is 9.21. The van der Waals surface area contributed by atoms with E-state index >= 15 is 0 Å². The second-order valence-electron chi connectivity index (χ2n) is 7.41. The summed E-state index contributed by atoms with van der Waals surface area (Å²) in [7, 11) is 0. The number of halogens is 1. The van der Waals surface area contributed by atoms with E-state index in [1.54, 1.807) is 0 Å². The lowest BCUT2D eigenvalue weighted by molar-refractivity contribution is 0.0132. The average molecular weight is 336 g/mol. The maximum atomic E-state index is 9.23. The summed E-state index contributed by atoms with van der Waals surface area (Å²) in [5, 5.41) is 9.23. The molecule has 0 bridgehead atoms. The second-order valence-corrected chi connectivity index (χ2v) is 8.32. The topological polar surface area (TPSA) is 33.0 Å². The van der Waals surface area contributed by atoms with E-state index in [1.165, 1.54) is 6.42 Å². The quantitative estimate of drug-likeness (QED) is 0.734. The van der Waals surface area contributed by atoms with Crippen LogP contribution in [-0.4, -0.2) is 6.10 Å². The third kappa shape index (κ3) is 3.76. The summed E-state index contributed by atoms with van der Waals surface area (Å²) in [6, 6.07) is 7.84. The lowest BCUT2D eigenvalue weighted by Gasteiger charge is -2.44. The Labute approximate surface area is 130 Å². The van der Waals surface area contributed by atoms with Crippen LogP contribution in [0, 0.1) is 22.2 Å². The van der Waals surface area contributed by atoms with Crippen LogP contribution in [0.15, 0.2) is 22.7 Å². The van der Waals surface area contributed by atoms with Gasteiger partial charge in [-0.3, -0.25) is 0 Å². The van der Waals surface area contributed by atoms with Gasteiger partial charge in [-0.05, 0) is 48.3 Å². The minimum atomic E-state index is 0.182. The molecule has 1 aromatic rings. The third-order valence-electron chi connectivity index (χ3n) is 3.87. The first-order chi connectivity index (χ1) is 9.21. The zero-order valence-electron chi connectivity index (χ0n) is 12.7. The van der Waals surface area contributed by atoms with Crippen molar-refractivity contribution in [2.24, 2.45) is 10.8 Å². The van der Waals surface area contributed by atoms with Crippen LogP contribution < -0.4 is 4.74 Å². The van der Waals surface area contributed by atoms with Gasteiger partial charge in [0.15, 0.2) is 0 Å². The number of rotatable bonds is 2. The van der Waals surface area contributed by atoms with Crippen LogP contribution in [0.1, 0.15) is 52.5 Å². The Morgan fingerprint density at radius 3 is 2.35 bits per heavy atom. The van der Waals surface area contributed by atoms with Gasteiger partial charge in [0.1, 0.15) is 11.8 Å². The zero-order valence-corrected chi connectivity index (χ0v) is 14.3. The summed E-state index contributed by atoms with van der Waals surface area (Å²) < 4.78 is 7.07. The molecule has 108 valence electrons. The normalized spacial score (nSPS) is 21.2. The Hall–Kier alpha value is -1.01. The molecule has 2 nitrogen and oxygen atoms in total. The van der Waals surface area contributed by atoms with Crippen molar-refractivity contribution in [3.63, 3.8) is 0 Å². The molecule has 1 saturated carbocycles. The van der Waals surface area contributed by atoms with E-state index in [2.05, 4.69) is 49.7 Å². The molecule has 3 heteroatoms. The number of hydrogen-bond donors (Lipinski definition) is 0. The van der Waals surface area contributed by atoms with Gasteiger partial charge in [-0.15, -0.1) is 0 Å². The van der Waals surface area contributed by atoms with Crippen LogP contribution in [0.3, 0.4) is 0 Å². The molecule has 0 aliphatic heterocycles. The van der Waals surface area contributed by atoms with E-state index in [1.807, 2.05) is 18.2 Å². The molecule has 0 aromatic heterocycles. The van der Waals surface area contributed by atoms with Crippen molar-refractivity contribution < 1.29 is 4.74 Å². The Bertz CT molecular complexity index is 526. The zero-order chi connectivity index (χ0) is 15.0. The minimum absolute atomic E-state index is 0.182. The fourth-order valence-electron chi connectivity index (χ4n) is 3.70. The van der Waals surface area contributed by atoms with Crippen LogP contribution in [-0.2, 0) is 0 Å². The van der Waals surface area contributed by atoms with Gasteiger partial charge in [0.05, 0.1) is 11.7 Å². The van der Waals surface area contributed by atoms with Crippen LogP contribution in [0.2, 0.25) is 0 Å². The van der Waals surface area contributed by atoms with Crippen molar-refractivity contribution in [1.82, 2.24) is 0 Å². The molecule has 20 heavy (non-hydrogen) atoms. The number of ether oxygens (including phenoxy) is 1. The maximum Gasteiger partial charge on any atom is 0.137 e. The Morgan fingerprint density at radius 1 is 1.20 bits per heavy atom. The molecule has 0 N–H and O–H groups in total. The van der Waals surface area contributed by atoms with E-state index in [4.69, 9.17) is 4.74 Å². The molecular formula is C17H22BrNO. The van der Waals surface area contributed by atoms with Crippen molar-refractivity contribution in [3.05, 3.63) is 28.2 Å². The highest BCUT2D eigenvalue weighted by molar-refractivity contribution is 9.10. The smallest absolute Gasteiger partial charge is 0.137 e. The fraction of sp³-hybridized carbons (Fsp3) is 0.588. The first-order valence-corrected chi connectivity index (χ1v) is 7.86. The summed E-state index contributed by atoms with van der Waals surface area (Å²) >= 11 is 3.39. The minimum Gasteiger partial charge on any atom is -0.489 e. The van der Waals surface area contributed by atoms with Gasteiger partial charge in [-0.2, -0.15) is 5.26 Å². The first kappa shape index (κ1) is 15.4. The van der Waals surface area contributed by atoms with Crippen molar-refractivity contribution >= 4 is 15.9 Å². The average Bonchev–Trinajstić information content (AvgIpc) is 2.27. The SMILES string of the molecule is CC1(C)CC(Oc2ccc(Br)cc2C#N)CC(C)(C)C1. The van der Waals surface area contributed by atoms with Crippen LogP contribution in [0.4, 0.5) is 0 Å². The molecule has 0 amide bonds. The second kappa shape index (κ2) is 5.41. The molecule has 0 heterocycles. The first-order valence-electron chi connectivity index (χ1n) is 7.07. The van der Waals surface area contributed by atoms with Crippen LogP contribution >= 0.6 is 15.9 Å². The molecule has 0 saturated heterocycles. The van der Waals surface area contributed by atoms with Gasteiger partial charge < -0.3 is 4.74 Å². The molecule has 1 aliphatic rings. The van der Waals surface area contributed by atoms with Gasteiger partial charge in [-0.25, -0.2) is 0 Å². The van der Waals surface area contributed by atoms with E-state index in [0.29, 0.717) is 11.3 Å². The van der Waals surface area contributed by atoms with Crippen LogP contribution in [0.25, 0.3) is 0 Å². The Morgan fingerprint density at radius 2 is 1.80 bits per heavy atom. The molecular weight excluding hydrogens is 314 g/mol. The van der Waals surface area contributed by atoms with Gasteiger partial charge in [0, 0.05) is 4.47 Å². The van der Waals surface area contributed by atoms with Gasteiger partial charge in [0.25, 0.3) is 0 Å². The van der Waals surface area contributed by atoms with Gasteiger partial charge >= 0.3 is 0 Å². The number of hydrogen-bond acceptors (Lipinski definition) is 2. The summed E-state index contributed by atoms with van der Waals surface area (Å²) in [5.41, 5.74) is 1.17. The van der Waals surface area contributed by atoms with Crippen molar-refractivity contribution in [1.29, 1.82) is 5.26 Å². The highest BCUT2D eigenvalue weighted by Crippen LogP contribution is 2.46. The fourth-order valence-corrected chi connectivity index (χ4v) is 4.06. The predicted molar refractivity (Wildman–Crippen MR) is 84.7 cm³/mol. The van der Waals surface area contributed by atoms with Crippen LogP contribution in [0.5, 0.6) is 5.75 Å². The monoisotopic (exact) mass is 335 g/mol. The van der Waals surface area contributed by atoms with E-state index in [-0.39, 0.29) is 16.9 Å². The predicted octanol–water partition coefficient (Wildman–Crippen LogP) is 5.30. The number of nitriles is 1. The number of nitrogens with zero attached hydrogens (tertiary/aromatic N) is 1. The van der Waals surface area contributed by atoms with Crippen molar-refractivity contribution in [2.45, 2.75) is 53.1 Å². The molecule has 0 spiro atoms. The Kier molecular flexibility index (Phi) is 4.16. The highest BCUT2D eigenvalue weighted by Gasteiger charge is 2.39. The lowest BCUT2D eigenvalue weighted by atomic mass is 9.64. The maximum absolute atomic E-state index is 9.23. The van der Waals surface area contributed by atoms with Crippen molar-refractivity contribution in [2.75, 3.05) is 0 Å². The largest absolute Gasteiger partial charge is 0.489 e. The molecule has 0 unspecified atom stereocenters. The lowest BCUT2D eigenvalue weighted by Crippen LogP contribution is -2.39. The molecule has 1 aromatic carbocycles. The molecule has 1 aliphatic carbocycles. The van der Waals surface area contributed by atoms with E-state index in [0.717, 1.165) is 17.3 Å². The summed E-state index contributed by atoms with van der Waals surface area (Å²) in [5.74, 6) is 0.703. The van der Waals surface area contributed by atoms with Crippen molar-refractivity contribution in [3.8, 4) is 11.8 Å². The molecule has 0 atom stereocenters. The van der Waals surface area contributed by atoms with Gasteiger partial charge in [-0.1, -0.05) is 43.6 Å². The Balaban J connectivity index is 2.20. The summed E-state index contributed by atoms with van der Waals surface area (Å²) in [6.07, 6.45) is 3.47. The van der Waals surface area contributed by atoms with Gasteiger partial charge in [0.2, 0.25) is 0 Å². The molecule has 1 fully saturated rings. The molecule has 2 rings (SSSR count). The molecule has 0 radical (unpaired) electrons.